The van der Waals surface area contributed by atoms with Crippen LogP contribution in [0.4, 0.5) is 5.69 Å². The van der Waals surface area contributed by atoms with Crippen LogP contribution in [-0.4, -0.2) is 13.3 Å². The lowest BCUT2D eigenvalue weighted by atomic mass is 10.2. The van der Waals surface area contributed by atoms with Crippen LogP contribution in [0, 0.1) is 24.0 Å². The number of non-ortho nitro benzene ring substituents is 1. The van der Waals surface area contributed by atoms with Crippen LogP contribution in [-0.2, 0) is 21.6 Å². The molecule has 0 unspecified atom stereocenters. The van der Waals surface area contributed by atoms with Gasteiger partial charge in [-0.2, -0.15) is 0 Å². The Hall–Kier alpha value is -2.90. The van der Waals surface area contributed by atoms with Crippen LogP contribution >= 0.6 is 0 Å². The lowest BCUT2D eigenvalue weighted by Gasteiger charge is -2.09. The van der Waals surface area contributed by atoms with Crippen LogP contribution in [0.2, 0.25) is 0 Å². The van der Waals surface area contributed by atoms with Gasteiger partial charge in [0.1, 0.15) is 4.24 Å². The topological polar surface area (TPSA) is 77.3 Å². The molecule has 0 aliphatic carbocycles. The summed E-state index contributed by atoms with van der Waals surface area (Å²) in [5.74, 6) is 0. The molecular formula is C22H19NO4S2. The quantitative estimate of drug-likeness (QED) is 0.405. The molecule has 0 heterocycles. The lowest BCUT2D eigenvalue weighted by molar-refractivity contribution is -0.384. The molecule has 0 amide bonds. The first-order valence-electron chi connectivity index (χ1n) is 8.78. The van der Waals surface area contributed by atoms with Crippen molar-refractivity contribution in [3.05, 3.63) is 104 Å². The van der Waals surface area contributed by atoms with E-state index in [-0.39, 0.29) is 9.92 Å². The molecular weight excluding hydrogens is 406 g/mol. The summed E-state index contributed by atoms with van der Waals surface area (Å²) in [7, 11) is -3.31. The number of nitro benzene ring substituents is 1. The van der Waals surface area contributed by atoms with Crippen LogP contribution in [0.25, 0.3) is 6.08 Å². The second-order valence-corrected chi connectivity index (χ2v) is 9.63. The predicted octanol–water partition coefficient (Wildman–Crippen LogP) is 5.13. The van der Waals surface area contributed by atoms with Gasteiger partial charge < -0.3 is 0 Å². The highest BCUT2D eigenvalue weighted by atomic mass is 32.2. The monoisotopic (exact) mass is 425 g/mol. The fraction of sp³-hybridized carbons (Fsp3) is 0.0909. The third-order valence-corrected chi connectivity index (χ3v) is 7.50. The highest BCUT2D eigenvalue weighted by molar-refractivity contribution is 8.08. The van der Waals surface area contributed by atoms with E-state index in [0.717, 1.165) is 11.1 Å². The minimum atomic E-state index is -1.65. The van der Waals surface area contributed by atoms with E-state index in [0.29, 0.717) is 15.4 Å². The SMILES string of the molecule is Cc1ccc([S@](=O)C(=Cc2ccc([N+](=O)[O-])cc2)[S@@](=O)c2ccc(C)cc2)cc1. The largest absolute Gasteiger partial charge is 0.269 e. The van der Waals surface area contributed by atoms with Gasteiger partial charge in [-0.25, -0.2) is 8.42 Å². The molecule has 3 aromatic carbocycles. The van der Waals surface area contributed by atoms with Gasteiger partial charge >= 0.3 is 0 Å². The van der Waals surface area contributed by atoms with Crippen LogP contribution in [0.5, 0.6) is 0 Å². The molecule has 0 saturated carbocycles. The third kappa shape index (κ3) is 5.13. The van der Waals surface area contributed by atoms with Gasteiger partial charge in [0.15, 0.2) is 0 Å². The Morgan fingerprint density at radius 2 is 1.17 bits per heavy atom. The van der Waals surface area contributed by atoms with Crippen LogP contribution in [0.1, 0.15) is 16.7 Å². The summed E-state index contributed by atoms with van der Waals surface area (Å²) in [4.78, 5) is 11.5. The van der Waals surface area contributed by atoms with E-state index >= 15 is 0 Å². The van der Waals surface area contributed by atoms with Gasteiger partial charge in [-0.1, -0.05) is 35.4 Å². The molecule has 0 aliphatic rings. The van der Waals surface area contributed by atoms with Crippen molar-refractivity contribution in [1.29, 1.82) is 0 Å². The molecule has 0 saturated heterocycles. The number of nitro groups is 1. The second-order valence-electron chi connectivity index (χ2n) is 6.48. The van der Waals surface area contributed by atoms with Crippen LogP contribution in [0.3, 0.4) is 0 Å². The molecule has 148 valence electrons. The first-order chi connectivity index (χ1) is 13.8. The Balaban J connectivity index is 2.05. The number of benzene rings is 3. The van der Waals surface area contributed by atoms with Gasteiger partial charge in [-0.3, -0.25) is 10.1 Å². The summed E-state index contributed by atoms with van der Waals surface area (Å²) < 4.78 is 26.7. The Labute approximate surface area is 174 Å². The zero-order valence-electron chi connectivity index (χ0n) is 15.9. The summed E-state index contributed by atoms with van der Waals surface area (Å²) in [6, 6.07) is 20.3. The Bertz CT molecular complexity index is 1040. The number of rotatable bonds is 6. The van der Waals surface area contributed by atoms with Gasteiger partial charge in [0.25, 0.3) is 5.69 Å². The van der Waals surface area contributed by atoms with E-state index in [9.17, 15) is 18.5 Å². The molecule has 0 spiro atoms. The van der Waals surface area contributed by atoms with Gasteiger partial charge in [0, 0.05) is 21.9 Å². The second kappa shape index (κ2) is 9.07. The molecule has 0 aromatic heterocycles. The predicted molar refractivity (Wildman–Crippen MR) is 116 cm³/mol. The summed E-state index contributed by atoms with van der Waals surface area (Å²) >= 11 is 0. The zero-order chi connectivity index (χ0) is 21.0. The Kier molecular flexibility index (Phi) is 6.51. The highest BCUT2D eigenvalue weighted by Crippen LogP contribution is 2.26. The van der Waals surface area contributed by atoms with E-state index < -0.39 is 26.5 Å². The first kappa shape index (κ1) is 20.8. The fourth-order valence-corrected chi connectivity index (χ4v) is 5.40. The molecule has 2 atom stereocenters. The average molecular weight is 426 g/mol. The third-order valence-electron chi connectivity index (χ3n) is 4.22. The molecule has 0 bridgehead atoms. The average Bonchev–Trinajstić information content (AvgIpc) is 2.72. The zero-order valence-corrected chi connectivity index (χ0v) is 17.5. The van der Waals surface area contributed by atoms with E-state index in [1.54, 1.807) is 42.5 Å². The van der Waals surface area contributed by atoms with Crippen molar-refractivity contribution in [3.8, 4) is 0 Å². The number of nitrogens with zero attached hydrogens (tertiary/aromatic N) is 1. The fourth-order valence-electron chi connectivity index (χ4n) is 2.56. The Morgan fingerprint density at radius 1 is 0.759 bits per heavy atom. The van der Waals surface area contributed by atoms with Crippen molar-refractivity contribution in [2.75, 3.05) is 0 Å². The van der Waals surface area contributed by atoms with E-state index in [1.807, 2.05) is 38.1 Å². The molecule has 0 radical (unpaired) electrons. The number of hydrogen-bond acceptors (Lipinski definition) is 4. The normalized spacial score (nSPS) is 12.8. The molecule has 0 N–H and O–H groups in total. The summed E-state index contributed by atoms with van der Waals surface area (Å²) in [6.45, 7) is 3.87. The minimum absolute atomic E-state index is 0.0389. The maximum atomic E-state index is 13.3. The summed E-state index contributed by atoms with van der Waals surface area (Å²) in [5, 5.41) is 10.9. The molecule has 7 heteroatoms. The van der Waals surface area contributed by atoms with Crippen molar-refractivity contribution in [1.82, 2.24) is 0 Å². The van der Waals surface area contributed by atoms with E-state index in [2.05, 4.69) is 0 Å². The molecule has 29 heavy (non-hydrogen) atoms. The van der Waals surface area contributed by atoms with Gasteiger partial charge in [0.2, 0.25) is 0 Å². The standard InChI is InChI=1S/C22H19NO4S2/c1-16-3-11-20(12-4-16)28(26)22(29(27)21-13-5-17(2)6-14-21)15-18-7-9-19(10-8-18)23(24)25/h3-15H,1-2H3/t28-,29-/m0/s1. The minimum Gasteiger partial charge on any atom is -0.258 e. The van der Waals surface area contributed by atoms with Gasteiger partial charge in [-0.15, -0.1) is 0 Å². The van der Waals surface area contributed by atoms with E-state index in [4.69, 9.17) is 0 Å². The summed E-state index contributed by atoms with van der Waals surface area (Å²) in [6.07, 6.45) is 1.58. The maximum absolute atomic E-state index is 13.3. The molecule has 3 aromatic rings. The van der Waals surface area contributed by atoms with E-state index in [1.165, 1.54) is 12.1 Å². The number of hydrogen-bond donors (Lipinski definition) is 0. The summed E-state index contributed by atoms with van der Waals surface area (Å²) in [5.41, 5.74) is 2.62. The van der Waals surface area contributed by atoms with Gasteiger partial charge in [0.05, 0.1) is 26.5 Å². The van der Waals surface area contributed by atoms with Crippen molar-refractivity contribution >= 4 is 33.4 Å². The van der Waals surface area contributed by atoms with Crippen LogP contribution < -0.4 is 0 Å². The van der Waals surface area contributed by atoms with Crippen molar-refractivity contribution in [3.63, 3.8) is 0 Å². The van der Waals surface area contributed by atoms with Crippen molar-refractivity contribution in [2.24, 2.45) is 0 Å². The van der Waals surface area contributed by atoms with Gasteiger partial charge in [-0.05, 0) is 61.9 Å². The van der Waals surface area contributed by atoms with Crippen molar-refractivity contribution in [2.45, 2.75) is 23.6 Å². The lowest BCUT2D eigenvalue weighted by Crippen LogP contribution is -2.04. The number of aryl methyl sites for hydroxylation is 2. The molecule has 5 nitrogen and oxygen atoms in total. The van der Waals surface area contributed by atoms with Crippen molar-refractivity contribution < 1.29 is 13.3 Å². The Morgan fingerprint density at radius 3 is 1.55 bits per heavy atom. The smallest absolute Gasteiger partial charge is 0.258 e. The molecule has 3 rings (SSSR count). The highest BCUT2D eigenvalue weighted by Gasteiger charge is 2.19. The molecule has 0 fully saturated rings. The first-order valence-corrected chi connectivity index (χ1v) is 11.1. The van der Waals surface area contributed by atoms with Crippen LogP contribution in [0.15, 0.2) is 86.8 Å². The molecule has 0 aliphatic heterocycles. The maximum Gasteiger partial charge on any atom is 0.269 e.